The Kier molecular flexibility index (Phi) is 4.62. The minimum absolute atomic E-state index is 0.334. The van der Waals surface area contributed by atoms with Crippen molar-refractivity contribution < 1.29 is 0 Å². The molecule has 0 spiro atoms. The summed E-state index contributed by atoms with van der Waals surface area (Å²) in [5, 5.41) is 0.774. The maximum atomic E-state index is 6.00. The molecule has 0 amide bonds. The van der Waals surface area contributed by atoms with Crippen molar-refractivity contribution in [2.75, 3.05) is 6.54 Å². The molecule has 2 N–H and O–H groups in total. The zero-order valence-corrected chi connectivity index (χ0v) is 12.2. The van der Waals surface area contributed by atoms with Crippen LogP contribution in [0, 0.1) is 6.92 Å². The van der Waals surface area contributed by atoms with Gasteiger partial charge in [-0.2, -0.15) is 0 Å². The van der Waals surface area contributed by atoms with Crippen LogP contribution in [0.2, 0.25) is 5.02 Å². The summed E-state index contributed by atoms with van der Waals surface area (Å²) in [4.78, 5) is 0. The third-order valence-electron chi connectivity index (χ3n) is 3.72. The van der Waals surface area contributed by atoms with Gasteiger partial charge < -0.3 is 5.73 Å². The Labute approximate surface area is 120 Å². The predicted octanol–water partition coefficient (Wildman–Crippen LogP) is 4.49. The van der Waals surface area contributed by atoms with Crippen molar-refractivity contribution in [3.63, 3.8) is 0 Å². The summed E-state index contributed by atoms with van der Waals surface area (Å²) in [5.74, 6) is 0.713. The molecule has 0 saturated heterocycles. The van der Waals surface area contributed by atoms with Gasteiger partial charge in [-0.05, 0) is 42.6 Å². The van der Waals surface area contributed by atoms with Crippen LogP contribution in [0.15, 0.2) is 48.5 Å². The fourth-order valence-corrected chi connectivity index (χ4v) is 2.65. The lowest BCUT2D eigenvalue weighted by atomic mass is 9.82. The number of hydrogen-bond acceptors (Lipinski definition) is 1. The highest BCUT2D eigenvalue weighted by Gasteiger charge is 2.19. The minimum Gasteiger partial charge on any atom is -0.330 e. The summed E-state index contributed by atoms with van der Waals surface area (Å²) in [6.07, 6.45) is 0. The highest BCUT2D eigenvalue weighted by Crippen LogP contribution is 2.32. The molecule has 2 heteroatoms. The van der Waals surface area contributed by atoms with Gasteiger partial charge in [0, 0.05) is 10.9 Å². The molecule has 0 heterocycles. The van der Waals surface area contributed by atoms with Crippen LogP contribution in [0.25, 0.3) is 0 Å². The molecule has 0 bridgehead atoms. The zero-order chi connectivity index (χ0) is 13.8. The minimum atomic E-state index is 0.334. The van der Waals surface area contributed by atoms with Gasteiger partial charge in [-0.3, -0.25) is 0 Å². The van der Waals surface area contributed by atoms with Crippen molar-refractivity contribution in [2.24, 2.45) is 5.73 Å². The zero-order valence-electron chi connectivity index (χ0n) is 11.4. The molecule has 1 nitrogen and oxygen atoms in total. The first-order chi connectivity index (χ1) is 9.11. The van der Waals surface area contributed by atoms with Gasteiger partial charge in [0.1, 0.15) is 0 Å². The molecule has 0 aromatic heterocycles. The second-order valence-electron chi connectivity index (χ2n) is 5.10. The van der Waals surface area contributed by atoms with Crippen molar-refractivity contribution in [1.82, 2.24) is 0 Å². The van der Waals surface area contributed by atoms with Crippen molar-refractivity contribution in [3.05, 3.63) is 70.2 Å². The first-order valence-corrected chi connectivity index (χ1v) is 7.01. The Morgan fingerprint density at radius 2 is 1.74 bits per heavy atom. The van der Waals surface area contributed by atoms with E-state index < -0.39 is 0 Å². The molecule has 0 fully saturated rings. The molecule has 2 rings (SSSR count). The molecular weight excluding hydrogens is 254 g/mol. The lowest BCUT2D eigenvalue weighted by molar-refractivity contribution is 0.584. The normalized spacial score (nSPS) is 14.1. The van der Waals surface area contributed by atoms with E-state index in [1.165, 1.54) is 16.7 Å². The monoisotopic (exact) mass is 273 g/mol. The fourth-order valence-electron chi connectivity index (χ4n) is 2.53. The fraction of sp³-hybridized carbons (Fsp3) is 0.294. The van der Waals surface area contributed by atoms with E-state index in [-0.39, 0.29) is 0 Å². The Hall–Kier alpha value is -1.31. The van der Waals surface area contributed by atoms with E-state index in [2.05, 4.69) is 50.2 Å². The third-order valence-corrected chi connectivity index (χ3v) is 3.98. The van der Waals surface area contributed by atoms with Crippen molar-refractivity contribution in [2.45, 2.75) is 25.7 Å². The molecule has 2 unspecified atom stereocenters. The summed E-state index contributed by atoms with van der Waals surface area (Å²) in [6, 6.07) is 16.7. The number of benzene rings is 2. The SMILES string of the molecule is Cc1cccc(C(CN)C(C)c2ccc(Cl)cc2)c1. The van der Waals surface area contributed by atoms with Crippen LogP contribution < -0.4 is 5.73 Å². The Bertz CT molecular complexity index is 533. The Balaban J connectivity index is 2.28. The molecule has 0 aliphatic rings. The lowest BCUT2D eigenvalue weighted by Crippen LogP contribution is -2.18. The van der Waals surface area contributed by atoms with Crippen LogP contribution in [0.5, 0.6) is 0 Å². The quantitative estimate of drug-likeness (QED) is 0.872. The average Bonchev–Trinajstić information content (AvgIpc) is 2.40. The number of halogens is 1. The van der Waals surface area contributed by atoms with Gasteiger partial charge in [-0.15, -0.1) is 0 Å². The van der Waals surface area contributed by atoms with Crippen LogP contribution >= 0.6 is 11.6 Å². The second-order valence-corrected chi connectivity index (χ2v) is 5.53. The van der Waals surface area contributed by atoms with Crippen molar-refractivity contribution >= 4 is 11.6 Å². The number of nitrogens with two attached hydrogens (primary N) is 1. The molecular formula is C17H20ClN. The van der Waals surface area contributed by atoms with Gasteiger partial charge in [-0.1, -0.05) is 60.5 Å². The molecule has 0 saturated carbocycles. The van der Waals surface area contributed by atoms with Gasteiger partial charge in [0.15, 0.2) is 0 Å². The molecule has 19 heavy (non-hydrogen) atoms. The van der Waals surface area contributed by atoms with Crippen molar-refractivity contribution in [1.29, 1.82) is 0 Å². The van der Waals surface area contributed by atoms with Crippen LogP contribution in [0.1, 0.15) is 35.4 Å². The molecule has 2 aromatic carbocycles. The first kappa shape index (κ1) is 14.1. The van der Waals surface area contributed by atoms with Gasteiger partial charge in [0.2, 0.25) is 0 Å². The molecule has 2 aromatic rings. The lowest BCUT2D eigenvalue weighted by Gasteiger charge is -2.24. The average molecular weight is 274 g/mol. The highest BCUT2D eigenvalue weighted by atomic mass is 35.5. The van der Waals surface area contributed by atoms with Crippen LogP contribution in [-0.2, 0) is 0 Å². The van der Waals surface area contributed by atoms with E-state index in [1.807, 2.05) is 12.1 Å². The van der Waals surface area contributed by atoms with Crippen molar-refractivity contribution in [3.8, 4) is 0 Å². The van der Waals surface area contributed by atoms with Gasteiger partial charge in [0.25, 0.3) is 0 Å². The maximum absolute atomic E-state index is 6.00. The van der Waals surface area contributed by atoms with E-state index >= 15 is 0 Å². The van der Waals surface area contributed by atoms with E-state index in [1.54, 1.807) is 0 Å². The van der Waals surface area contributed by atoms with Crippen LogP contribution in [0.3, 0.4) is 0 Å². The van der Waals surface area contributed by atoms with Gasteiger partial charge >= 0.3 is 0 Å². The summed E-state index contributed by atoms with van der Waals surface area (Å²) in [7, 11) is 0. The number of aryl methyl sites for hydroxylation is 1. The van der Waals surface area contributed by atoms with E-state index in [0.717, 1.165) is 5.02 Å². The molecule has 0 radical (unpaired) electrons. The summed E-state index contributed by atoms with van der Waals surface area (Å²) >= 11 is 5.94. The van der Waals surface area contributed by atoms with Gasteiger partial charge in [0.05, 0.1) is 0 Å². The summed E-state index contributed by atoms with van der Waals surface area (Å²) in [5.41, 5.74) is 9.86. The number of rotatable bonds is 4. The molecule has 0 aliphatic heterocycles. The van der Waals surface area contributed by atoms with E-state index in [0.29, 0.717) is 18.4 Å². The smallest absolute Gasteiger partial charge is 0.0406 e. The largest absolute Gasteiger partial charge is 0.330 e. The summed E-state index contributed by atoms with van der Waals surface area (Å²) < 4.78 is 0. The predicted molar refractivity (Wildman–Crippen MR) is 82.8 cm³/mol. The number of hydrogen-bond donors (Lipinski definition) is 1. The topological polar surface area (TPSA) is 26.0 Å². The molecule has 100 valence electrons. The van der Waals surface area contributed by atoms with E-state index in [9.17, 15) is 0 Å². The Morgan fingerprint density at radius 3 is 2.32 bits per heavy atom. The molecule has 2 atom stereocenters. The van der Waals surface area contributed by atoms with E-state index in [4.69, 9.17) is 17.3 Å². The molecule has 0 aliphatic carbocycles. The first-order valence-electron chi connectivity index (χ1n) is 6.64. The summed E-state index contributed by atoms with van der Waals surface area (Å²) in [6.45, 7) is 4.99. The maximum Gasteiger partial charge on any atom is 0.0406 e. The standard InChI is InChI=1S/C17H20ClN/c1-12-4-3-5-15(10-12)17(11-19)13(2)14-6-8-16(18)9-7-14/h3-10,13,17H,11,19H2,1-2H3. The van der Waals surface area contributed by atoms with Gasteiger partial charge in [-0.25, -0.2) is 0 Å². The highest BCUT2D eigenvalue weighted by molar-refractivity contribution is 6.30. The second kappa shape index (κ2) is 6.23. The Morgan fingerprint density at radius 1 is 1.05 bits per heavy atom. The van der Waals surface area contributed by atoms with Crippen LogP contribution in [0.4, 0.5) is 0 Å². The van der Waals surface area contributed by atoms with Crippen LogP contribution in [-0.4, -0.2) is 6.54 Å². The third kappa shape index (κ3) is 3.37.